The number of non-ortho nitro benzene ring substituents is 1. The molecule has 2 heterocycles. The van der Waals surface area contributed by atoms with E-state index in [0.717, 1.165) is 5.57 Å². The van der Waals surface area contributed by atoms with Gasteiger partial charge in [-0.25, -0.2) is 5.01 Å². The summed E-state index contributed by atoms with van der Waals surface area (Å²) in [6, 6.07) is 4.78. The number of anilines is 1. The molecule has 0 bridgehead atoms. The van der Waals surface area contributed by atoms with Crippen LogP contribution < -0.4 is 16.1 Å². The predicted molar refractivity (Wildman–Crippen MR) is 89.1 cm³/mol. The summed E-state index contributed by atoms with van der Waals surface area (Å²) in [6.07, 6.45) is -0.0666. The van der Waals surface area contributed by atoms with Crippen molar-refractivity contribution >= 4 is 29.1 Å². The zero-order valence-corrected chi connectivity index (χ0v) is 13.6. The maximum Gasteiger partial charge on any atom is 0.271 e. The standard InChI is InChI=1S/C15H16N6O4/c1-8(2)13-18-15-17-12(22)7-11(20(15)19-13)14(23)16-9-4-3-5-10(6-9)21(24)25/h3-6,11,19H,7H2,1-2H3,(H,16,23)(H,17,18,22)/t11-/m0/s1. The molecule has 0 aliphatic carbocycles. The van der Waals surface area contributed by atoms with Gasteiger partial charge < -0.3 is 5.32 Å². The van der Waals surface area contributed by atoms with Crippen molar-refractivity contribution in [3.8, 4) is 0 Å². The number of guanidine groups is 1. The van der Waals surface area contributed by atoms with E-state index in [0.29, 0.717) is 5.82 Å². The van der Waals surface area contributed by atoms with Crippen molar-refractivity contribution in [2.45, 2.75) is 26.3 Å². The molecule has 2 aliphatic rings. The third kappa shape index (κ3) is 3.27. The van der Waals surface area contributed by atoms with Gasteiger partial charge in [-0.05, 0) is 25.5 Å². The quantitative estimate of drug-likeness (QED) is 0.551. The minimum atomic E-state index is -0.830. The normalized spacial score (nSPS) is 18.7. The zero-order valence-electron chi connectivity index (χ0n) is 13.6. The second kappa shape index (κ2) is 6.23. The molecule has 3 N–H and O–H groups in total. The van der Waals surface area contributed by atoms with Crippen LogP contribution in [0, 0.1) is 10.1 Å². The topological polar surface area (TPSA) is 129 Å². The van der Waals surface area contributed by atoms with Gasteiger partial charge in [0.2, 0.25) is 17.8 Å². The highest BCUT2D eigenvalue weighted by Gasteiger charge is 2.39. The maximum atomic E-state index is 12.6. The zero-order chi connectivity index (χ0) is 18.1. The number of hydrazine groups is 1. The van der Waals surface area contributed by atoms with Crippen LogP contribution in [0.4, 0.5) is 11.4 Å². The highest BCUT2D eigenvalue weighted by atomic mass is 16.6. The molecule has 1 saturated heterocycles. The second-order valence-electron chi connectivity index (χ2n) is 5.83. The highest BCUT2D eigenvalue weighted by Crippen LogP contribution is 2.21. The molecule has 25 heavy (non-hydrogen) atoms. The number of aliphatic imine (C=N–C) groups is 1. The predicted octanol–water partition coefficient (Wildman–Crippen LogP) is 0.849. The van der Waals surface area contributed by atoms with Gasteiger partial charge in [-0.3, -0.25) is 30.4 Å². The molecule has 0 radical (unpaired) electrons. The number of nitro groups is 1. The van der Waals surface area contributed by atoms with E-state index in [1.165, 1.54) is 23.2 Å². The molecular weight excluding hydrogens is 328 g/mol. The molecule has 2 aliphatic heterocycles. The van der Waals surface area contributed by atoms with E-state index < -0.39 is 16.9 Å². The largest absolute Gasteiger partial charge is 0.324 e. The monoisotopic (exact) mass is 344 g/mol. The van der Waals surface area contributed by atoms with Crippen molar-refractivity contribution < 1.29 is 14.5 Å². The lowest BCUT2D eigenvalue weighted by atomic mass is 10.1. The Bertz CT molecular complexity index is 827. The van der Waals surface area contributed by atoms with E-state index in [-0.39, 0.29) is 29.7 Å². The van der Waals surface area contributed by atoms with Gasteiger partial charge in [-0.1, -0.05) is 6.07 Å². The summed E-state index contributed by atoms with van der Waals surface area (Å²) in [6.45, 7) is 3.70. The number of nitrogens with one attached hydrogen (secondary N) is 3. The van der Waals surface area contributed by atoms with E-state index in [4.69, 9.17) is 0 Å². The molecule has 0 saturated carbocycles. The first kappa shape index (κ1) is 16.4. The molecule has 130 valence electrons. The average molecular weight is 344 g/mol. The van der Waals surface area contributed by atoms with Crippen LogP contribution in [-0.4, -0.2) is 33.7 Å². The van der Waals surface area contributed by atoms with Crippen LogP contribution in [-0.2, 0) is 9.59 Å². The van der Waals surface area contributed by atoms with E-state index >= 15 is 0 Å². The van der Waals surface area contributed by atoms with E-state index in [2.05, 4.69) is 21.1 Å². The number of carbonyl (C=O) groups excluding carboxylic acids is 2. The van der Waals surface area contributed by atoms with Crippen LogP contribution in [0.5, 0.6) is 0 Å². The minimum Gasteiger partial charge on any atom is -0.324 e. The summed E-state index contributed by atoms with van der Waals surface area (Å²) in [5.41, 5.74) is 4.03. The number of fused-ring (bicyclic) bond motifs is 1. The van der Waals surface area contributed by atoms with Crippen molar-refractivity contribution in [1.82, 2.24) is 15.8 Å². The molecule has 0 unspecified atom stereocenters. The third-order valence-electron chi connectivity index (χ3n) is 3.71. The van der Waals surface area contributed by atoms with Crippen molar-refractivity contribution in [1.29, 1.82) is 0 Å². The van der Waals surface area contributed by atoms with E-state index in [9.17, 15) is 19.7 Å². The van der Waals surface area contributed by atoms with Crippen molar-refractivity contribution in [2.24, 2.45) is 4.99 Å². The first-order valence-corrected chi connectivity index (χ1v) is 7.52. The van der Waals surface area contributed by atoms with Gasteiger partial charge in [0.1, 0.15) is 11.9 Å². The summed E-state index contributed by atoms with van der Waals surface area (Å²) in [4.78, 5) is 39.0. The smallest absolute Gasteiger partial charge is 0.271 e. The minimum absolute atomic E-state index is 0.0666. The van der Waals surface area contributed by atoms with Gasteiger partial charge in [0.15, 0.2) is 0 Å². The van der Waals surface area contributed by atoms with Crippen LogP contribution in [0.1, 0.15) is 20.3 Å². The number of hydrogen-bond donors (Lipinski definition) is 3. The van der Waals surface area contributed by atoms with Crippen LogP contribution in [0.3, 0.4) is 0 Å². The number of allylic oxidation sites excluding steroid dienone is 1. The molecule has 10 heteroatoms. The lowest BCUT2D eigenvalue weighted by Crippen LogP contribution is -2.61. The van der Waals surface area contributed by atoms with Crippen molar-refractivity contribution in [2.75, 3.05) is 5.32 Å². The summed E-state index contributed by atoms with van der Waals surface area (Å²) < 4.78 is 0. The van der Waals surface area contributed by atoms with Gasteiger partial charge in [0.05, 0.1) is 11.3 Å². The van der Waals surface area contributed by atoms with Crippen LogP contribution in [0.2, 0.25) is 0 Å². The van der Waals surface area contributed by atoms with E-state index in [1.807, 2.05) is 13.8 Å². The third-order valence-corrected chi connectivity index (χ3v) is 3.71. The fraction of sp³-hybridized carbons (Fsp3) is 0.267. The Kier molecular flexibility index (Phi) is 4.09. The average Bonchev–Trinajstić information content (AvgIpc) is 2.98. The number of amides is 2. The van der Waals surface area contributed by atoms with E-state index in [1.54, 1.807) is 6.07 Å². The summed E-state index contributed by atoms with van der Waals surface area (Å²) in [5.74, 6) is 0.0218. The van der Waals surface area contributed by atoms with Crippen LogP contribution in [0.15, 0.2) is 40.7 Å². The summed E-state index contributed by atoms with van der Waals surface area (Å²) in [5, 5.41) is 17.5. The lowest BCUT2D eigenvalue weighted by molar-refractivity contribution is -0.384. The number of benzene rings is 1. The Morgan fingerprint density at radius 2 is 2.20 bits per heavy atom. The molecule has 10 nitrogen and oxygen atoms in total. The molecule has 3 rings (SSSR count). The molecule has 1 atom stereocenters. The van der Waals surface area contributed by atoms with Gasteiger partial charge in [0, 0.05) is 17.8 Å². The number of hydrogen-bond acceptors (Lipinski definition) is 7. The molecular formula is C15H16N6O4. The Morgan fingerprint density at radius 1 is 1.44 bits per heavy atom. The summed E-state index contributed by atoms with van der Waals surface area (Å²) in [7, 11) is 0. The first-order valence-electron chi connectivity index (χ1n) is 7.52. The van der Waals surface area contributed by atoms with Gasteiger partial charge >= 0.3 is 0 Å². The number of nitrogens with zero attached hydrogens (tertiary/aromatic N) is 3. The molecule has 0 aromatic heterocycles. The highest BCUT2D eigenvalue weighted by molar-refractivity contribution is 6.07. The lowest BCUT2D eigenvalue weighted by Gasteiger charge is -2.32. The van der Waals surface area contributed by atoms with Gasteiger partial charge in [-0.2, -0.15) is 4.99 Å². The van der Waals surface area contributed by atoms with Gasteiger partial charge in [0.25, 0.3) is 5.69 Å². The van der Waals surface area contributed by atoms with Gasteiger partial charge in [-0.15, -0.1) is 0 Å². The molecule has 1 aromatic rings. The Hall–Kier alpha value is -3.43. The maximum absolute atomic E-state index is 12.6. The summed E-state index contributed by atoms with van der Waals surface area (Å²) >= 11 is 0. The SMILES string of the molecule is CC(C)=C1N=C2NC(=O)C[C@@H](C(=O)Nc3cccc([N+](=O)[O-])c3)N2N1. The Labute approximate surface area is 142 Å². The Balaban J connectivity index is 1.81. The fourth-order valence-corrected chi connectivity index (χ4v) is 2.46. The fourth-order valence-electron chi connectivity index (χ4n) is 2.46. The van der Waals surface area contributed by atoms with Crippen LogP contribution in [0.25, 0.3) is 0 Å². The Morgan fingerprint density at radius 3 is 2.88 bits per heavy atom. The second-order valence-corrected chi connectivity index (χ2v) is 5.83. The van der Waals surface area contributed by atoms with Crippen molar-refractivity contribution in [3.63, 3.8) is 0 Å². The number of rotatable bonds is 3. The van der Waals surface area contributed by atoms with Crippen LogP contribution >= 0.6 is 0 Å². The molecule has 1 aromatic carbocycles. The number of nitro benzene ring substituents is 1. The van der Waals surface area contributed by atoms with Crippen molar-refractivity contribution in [3.05, 3.63) is 45.8 Å². The molecule has 2 amide bonds. The molecule has 0 spiro atoms. The molecule has 1 fully saturated rings. The first-order chi connectivity index (χ1) is 11.8. The number of carbonyl (C=O) groups is 2.